The number of ether oxygens (including phenoxy) is 1. The third-order valence-electron chi connectivity index (χ3n) is 6.79. The number of esters is 1. The smallest absolute Gasteiger partial charge is 0.337 e. The number of hydrogen-bond donors (Lipinski definition) is 0. The van der Waals surface area contributed by atoms with Gasteiger partial charge in [0.25, 0.3) is 0 Å². The number of anilines is 1. The van der Waals surface area contributed by atoms with Crippen molar-refractivity contribution < 1.29 is 19.1 Å². The molecule has 1 aliphatic heterocycles. The van der Waals surface area contributed by atoms with Gasteiger partial charge in [-0.3, -0.25) is 14.5 Å². The number of methoxy groups -OCH3 is 1. The first-order valence-electron chi connectivity index (χ1n) is 9.71. The summed E-state index contributed by atoms with van der Waals surface area (Å²) in [6.07, 6.45) is 1.94. The molecule has 2 aromatic rings. The fourth-order valence-electron chi connectivity index (χ4n) is 5.66. The Kier molecular flexibility index (Phi) is 3.86. The van der Waals surface area contributed by atoms with Crippen LogP contribution in [-0.4, -0.2) is 24.9 Å². The molecule has 2 aromatic carbocycles. The average molecular weight is 375 g/mol. The minimum atomic E-state index is -0.439. The van der Waals surface area contributed by atoms with Crippen molar-refractivity contribution in [3.05, 3.63) is 65.7 Å². The summed E-state index contributed by atoms with van der Waals surface area (Å²) in [6.45, 7) is 0. The first-order chi connectivity index (χ1) is 13.6. The van der Waals surface area contributed by atoms with E-state index in [1.54, 1.807) is 24.3 Å². The highest BCUT2D eigenvalue weighted by Crippen LogP contribution is 2.61. The van der Waals surface area contributed by atoms with Crippen LogP contribution in [-0.2, 0) is 14.3 Å². The minimum Gasteiger partial charge on any atom is -0.465 e. The Morgan fingerprint density at radius 2 is 1.61 bits per heavy atom. The Hall–Kier alpha value is -2.95. The van der Waals surface area contributed by atoms with E-state index in [0.717, 1.165) is 12.8 Å². The molecule has 142 valence electrons. The molecule has 5 atom stereocenters. The van der Waals surface area contributed by atoms with E-state index in [-0.39, 0.29) is 35.5 Å². The number of hydrogen-bond acceptors (Lipinski definition) is 4. The molecule has 2 saturated carbocycles. The second-order valence-corrected chi connectivity index (χ2v) is 8.01. The highest BCUT2D eigenvalue weighted by atomic mass is 16.5. The van der Waals surface area contributed by atoms with E-state index >= 15 is 0 Å². The first-order valence-corrected chi connectivity index (χ1v) is 9.71. The quantitative estimate of drug-likeness (QED) is 0.609. The topological polar surface area (TPSA) is 63.7 Å². The van der Waals surface area contributed by atoms with Crippen molar-refractivity contribution in [1.82, 2.24) is 0 Å². The lowest BCUT2D eigenvalue weighted by atomic mass is 9.73. The number of amides is 2. The maximum atomic E-state index is 13.3. The predicted octanol–water partition coefficient (Wildman–Crippen LogP) is 3.40. The van der Waals surface area contributed by atoms with Crippen LogP contribution < -0.4 is 4.90 Å². The summed E-state index contributed by atoms with van der Waals surface area (Å²) in [5.41, 5.74) is 2.21. The molecular weight excluding hydrogens is 354 g/mol. The number of carbonyl (C=O) groups excluding carboxylic acids is 3. The van der Waals surface area contributed by atoms with Gasteiger partial charge in [-0.2, -0.15) is 0 Å². The molecule has 28 heavy (non-hydrogen) atoms. The van der Waals surface area contributed by atoms with Crippen LogP contribution >= 0.6 is 0 Å². The van der Waals surface area contributed by atoms with E-state index in [9.17, 15) is 14.4 Å². The monoisotopic (exact) mass is 375 g/mol. The highest BCUT2D eigenvalue weighted by Gasteiger charge is 2.64. The zero-order chi connectivity index (χ0) is 19.4. The fourth-order valence-corrected chi connectivity index (χ4v) is 5.66. The Labute approximate surface area is 163 Å². The molecule has 0 aromatic heterocycles. The van der Waals surface area contributed by atoms with Crippen molar-refractivity contribution in [2.24, 2.45) is 23.7 Å². The normalized spacial score (nSPS) is 30.6. The van der Waals surface area contributed by atoms with Gasteiger partial charge in [-0.1, -0.05) is 30.3 Å². The van der Waals surface area contributed by atoms with Crippen LogP contribution in [0, 0.1) is 23.7 Å². The van der Waals surface area contributed by atoms with Crippen molar-refractivity contribution in [2.75, 3.05) is 12.0 Å². The van der Waals surface area contributed by atoms with Crippen LogP contribution in [0.3, 0.4) is 0 Å². The minimum absolute atomic E-state index is 0.0835. The second-order valence-electron chi connectivity index (χ2n) is 8.01. The summed E-state index contributed by atoms with van der Waals surface area (Å²) in [4.78, 5) is 39.3. The zero-order valence-electron chi connectivity index (χ0n) is 15.6. The molecule has 0 unspecified atom stereocenters. The van der Waals surface area contributed by atoms with E-state index < -0.39 is 5.97 Å². The van der Waals surface area contributed by atoms with Gasteiger partial charge >= 0.3 is 5.97 Å². The Morgan fingerprint density at radius 3 is 2.29 bits per heavy atom. The molecule has 2 bridgehead atoms. The lowest BCUT2D eigenvalue weighted by Crippen LogP contribution is -2.33. The van der Waals surface area contributed by atoms with Gasteiger partial charge in [0.05, 0.1) is 30.2 Å². The number of carbonyl (C=O) groups is 3. The number of nitrogens with zero attached hydrogens (tertiary/aromatic N) is 1. The van der Waals surface area contributed by atoms with Crippen molar-refractivity contribution >= 4 is 23.5 Å². The maximum Gasteiger partial charge on any atom is 0.337 e. The molecule has 1 heterocycles. The molecule has 3 fully saturated rings. The van der Waals surface area contributed by atoms with Gasteiger partial charge in [-0.25, -0.2) is 4.79 Å². The fraction of sp³-hybridized carbons (Fsp3) is 0.348. The van der Waals surface area contributed by atoms with Gasteiger partial charge in [-0.05, 0) is 60.4 Å². The third-order valence-corrected chi connectivity index (χ3v) is 6.79. The van der Waals surface area contributed by atoms with Gasteiger partial charge in [-0.15, -0.1) is 0 Å². The summed E-state index contributed by atoms with van der Waals surface area (Å²) < 4.78 is 4.71. The highest BCUT2D eigenvalue weighted by molar-refractivity contribution is 6.22. The molecule has 5 rings (SSSR count). The zero-order valence-corrected chi connectivity index (χ0v) is 15.6. The molecule has 1 saturated heterocycles. The van der Waals surface area contributed by atoms with Crippen LogP contribution in [0.25, 0.3) is 0 Å². The largest absolute Gasteiger partial charge is 0.465 e. The van der Waals surface area contributed by atoms with Gasteiger partial charge in [0.15, 0.2) is 0 Å². The molecule has 2 aliphatic carbocycles. The Balaban J connectivity index is 1.44. The van der Waals surface area contributed by atoms with E-state index in [1.165, 1.54) is 17.6 Å². The molecule has 0 N–H and O–H groups in total. The summed E-state index contributed by atoms with van der Waals surface area (Å²) in [6, 6.07) is 16.8. The molecule has 3 aliphatic rings. The number of imide groups is 1. The van der Waals surface area contributed by atoms with Crippen LogP contribution in [0.2, 0.25) is 0 Å². The summed E-state index contributed by atoms with van der Waals surface area (Å²) in [7, 11) is 1.32. The lowest BCUT2D eigenvalue weighted by molar-refractivity contribution is -0.123. The van der Waals surface area contributed by atoms with E-state index in [1.807, 2.05) is 18.2 Å². The number of fused-ring (bicyclic) bond motifs is 5. The molecule has 5 heteroatoms. The summed E-state index contributed by atoms with van der Waals surface area (Å²) >= 11 is 0. The number of benzene rings is 2. The molecule has 2 amide bonds. The molecule has 0 spiro atoms. The van der Waals surface area contributed by atoms with Gasteiger partial charge in [0, 0.05) is 0 Å². The molecule has 5 nitrogen and oxygen atoms in total. The van der Waals surface area contributed by atoms with Crippen LogP contribution in [0.1, 0.15) is 34.7 Å². The second kappa shape index (κ2) is 6.30. The molecule has 0 radical (unpaired) electrons. The van der Waals surface area contributed by atoms with Crippen molar-refractivity contribution in [3.8, 4) is 0 Å². The maximum absolute atomic E-state index is 13.3. The summed E-state index contributed by atoms with van der Waals surface area (Å²) in [5.74, 6) is -0.176. The predicted molar refractivity (Wildman–Crippen MR) is 103 cm³/mol. The van der Waals surface area contributed by atoms with Crippen LogP contribution in [0.15, 0.2) is 54.6 Å². The Morgan fingerprint density at radius 1 is 0.929 bits per heavy atom. The lowest BCUT2D eigenvalue weighted by Gasteiger charge is -2.28. The Bertz CT molecular complexity index is 952. The molecular formula is C23H21NO4. The van der Waals surface area contributed by atoms with Gasteiger partial charge in [0.1, 0.15) is 0 Å². The van der Waals surface area contributed by atoms with Gasteiger partial charge < -0.3 is 4.74 Å². The van der Waals surface area contributed by atoms with Crippen molar-refractivity contribution in [2.45, 2.75) is 18.8 Å². The SMILES string of the molecule is COC(=O)c1ccc(N2C(=O)[C@@H]3[C@H]4C[C@@H]([C@@H]3C2=O)[C@@H](c2ccccc2)C4)cc1. The van der Waals surface area contributed by atoms with Gasteiger partial charge in [0.2, 0.25) is 11.8 Å². The summed E-state index contributed by atoms with van der Waals surface area (Å²) in [5, 5.41) is 0. The van der Waals surface area contributed by atoms with Crippen LogP contribution in [0.5, 0.6) is 0 Å². The van der Waals surface area contributed by atoms with Crippen LogP contribution in [0.4, 0.5) is 5.69 Å². The first kappa shape index (κ1) is 17.2. The standard InChI is InChI=1S/C23H21NO4/c1-28-23(27)14-7-9-16(10-8-14)24-21(25)19-15-11-17(13-5-3-2-4-6-13)18(12-15)20(19)22(24)26/h2-10,15,17-20H,11-12H2,1H3/t15-,17-,18-,19-,20+/m1/s1. The van der Waals surface area contributed by atoms with Crippen molar-refractivity contribution in [1.29, 1.82) is 0 Å². The average Bonchev–Trinajstić information content (AvgIpc) is 3.40. The number of rotatable bonds is 3. The van der Waals surface area contributed by atoms with E-state index in [0.29, 0.717) is 17.2 Å². The van der Waals surface area contributed by atoms with Crippen molar-refractivity contribution in [3.63, 3.8) is 0 Å². The van der Waals surface area contributed by atoms with E-state index in [4.69, 9.17) is 4.74 Å². The van der Waals surface area contributed by atoms with E-state index in [2.05, 4.69) is 12.1 Å². The third kappa shape index (κ3) is 2.35.